The molecule has 1 aliphatic rings. The predicted molar refractivity (Wildman–Crippen MR) is 81.2 cm³/mol. The van der Waals surface area contributed by atoms with Crippen LogP contribution in [0, 0.1) is 6.92 Å². The van der Waals surface area contributed by atoms with Gasteiger partial charge in [0.15, 0.2) is 0 Å². The third-order valence-corrected chi connectivity index (χ3v) is 4.74. The number of nitrogens with two attached hydrogens (primary N) is 1. The van der Waals surface area contributed by atoms with E-state index in [-0.39, 0.29) is 5.54 Å². The molecule has 0 spiro atoms. The molecule has 2 N–H and O–H groups in total. The highest BCUT2D eigenvalue weighted by Gasteiger charge is 2.39. The number of benzene rings is 1. The first-order valence-electron chi connectivity index (χ1n) is 6.37. The van der Waals surface area contributed by atoms with Crippen LogP contribution in [0.2, 0.25) is 0 Å². The van der Waals surface area contributed by atoms with E-state index >= 15 is 0 Å². The fraction of sp³-hybridized carbons (Fsp3) is 0.571. The first kappa shape index (κ1) is 13.8. The molecule has 1 aromatic rings. The molecule has 1 aliphatic heterocycles. The Bertz CT molecular complexity index is 433. The van der Waals surface area contributed by atoms with Gasteiger partial charge in [-0.3, -0.25) is 0 Å². The molecule has 0 bridgehead atoms. The Balaban J connectivity index is 2.22. The molecule has 3 nitrogen and oxygen atoms in total. The van der Waals surface area contributed by atoms with Crippen molar-refractivity contribution in [2.24, 2.45) is 5.73 Å². The highest BCUT2D eigenvalue weighted by atomic mass is 79.9. The highest BCUT2D eigenvalue weighted by molar-refractivity contribution is 9.10. The molecule has 1 heterocycles. The van der Waals surface area contributed by atoms with Gasteiger partial charge in [0.2, 0.25) is 0 Å². The number of hydrogen-bond donors (Lipinski definition) is 1. The van der Waals surface area contributed by atoms with Crippen LogP contribution in [-0.2, 0) is 0 Å². The van der Waals surface area contributed by atoms with Gasteiger partial charge < -0.3 is 15.5 Å². The van der Waals surface area contributed by atoms with Crippen molar-refractivity contribution in [3.05, 3.63) is 28.2 Å². The quantitative estimate of drug-likeness (QED) is 0.929. The molecule has 1 saturated heterocycles. The number of rotatable bonds is 3. The summed E-state index contributed by atoms with van der Waals surface area (Å²) in [5.41, 5.74) is 8.66. The lowest BCUT2D eigenvalue weighted by Crippen LogP contribution is -2.52. The lowest BCUT2D eigenvalue weighted by Gasteiger charge is -2.35. The van der Waals surface area contributed by atoms with Crippen molar-refractivity contribution in [2.75, 3.05) is 38.6 Å². The molecule has 1 aromatic carbocycles. The third-order valence-electron chi connectivity index (χ3n) is 4.10. The van der Waals surface area contributed by atoms with Crippen LogP contribution in [0.4, 0.5) is 5.69 Å². The van der Waals surface area contributed by atoms with Gasteiger partial charge in [-0.05, 0) is 61.1 Å². The molecule has 18 heavy (non-hydrogen) atoms. The van der Waals surface area contributed by atoms with E-state index in [2.05, 4.69) is 64.9 Å². The van der Waals surface area contributed by atoms with E-state index in [1.165, 1.54) is 15.7 Å². The molecular formula is C14H22BrN3. The Morgan fingerprint density at radius 2 is 2.17 bits per heavy atom. The van der Waals surface area contributed by atoms with Crippen LogP contribution in [0.1, 0.15) is 12.0 Å². The summed E-state index contributed by atoms with van der Waals surface area (Å²) in [6.45, 7) is 4.89. The highest BCUT2D eigenvalue weighted by Crippen LogP contribution is 2.34. The zero-order valence-corrected chi connectivity index (χ0v) is 13.0. The number of halogens is 1. The molecule has 1 fully saturated rings. The smallest absolute Gasteiger partial charge is 0.0518 e. The summed E-state index contributed by atoms with van der Waals surface area (Å²) < 4.78 is 1.18. The van der Waals surface area contributed by atoms with Gasteiger partial charge in [-0.1, -0.05) is 6.07 Å². The molecule has 0 aliphatic carbocycles. The van der Waals surface area contributed by atoms with Crippen LogP contribution in [-0.4, -0.2) is 44.2 Å². The summed E-state index contributed by atoms with van der Waals surface area (Å²) in [6.07, 6.45) is 1.12. The van der Waals surface area contributed by atoms with Gasteiger partial charge in [-0.25, -0.2) is 0 Å². The molecular weight excluding hydrogens is 290 g/mol. The minimum Gasteiger partial charge on any atom is -0.369 e. The predicted octanol–water partition coefficient (Wildman–Crippen LogP) is 2.23. The average Bonchev–Trinajstić information content (AvgIpc) is 2.74. The van der Waals surface area contributed by atoms with Crippen LogP contribution in [0.15, 0.2) is 22.7 Å². The standard InChI is InChI=1S/C14H22BrN3/c1-11-4-5-13(12(15)8-11)18-7-6-14(9-16,10-18)17(2)3/h4-5,8H,6-7,9-10,16H2,1-3H3. The Labute approximate surface area is 118 Å². The lowest BCUT2D eigenvalue weighted by atomic mass is 9.97. The van der Waals surface area contributed by atoms with E-state index in [0.29, 0.717) is 6.54 Å². The van der Waals surface area contributed by atoms with Gasteiger partial charge >= 0.3 is 0 Å². The summed E-state index contributed by atoms with van der Waals surface area (Å²) in [5, 5.41) is 0. The summed E-state index contributed by atoms with van der Waals surface area (Å²) >= 11 is 3.67. The van der Waals surface area contributed by atoms with E-state index in [0.717, 1.165) is 19.5 Å². The van der Waals surface area contributed by atoms with Crippen LogP contribution < -0.4 is 10.6 Å². The van der Waals surface area contributed by atoms with E-state index in [1.54, 1.807) is 0 Å². The van der Waals surface area contributed by atoms with Crippen LogP contribution in [0.5, 0.6) is 0 Å². The molecule has 0 amide bonds. The van der Waals surface area contributed by atoms with Gasteiger partial charge in [-0.15, -0.1) is 0 Å². The lowest BCUT2D eigenvalue weighted by molar-refractivity contribution is 0.184. The van der Waals surface area contributed by atoms with Crippen LogP contribution in [0.25, 0.3) is 0 Å². The molecule has 2 rings (SSSR count). The molecule has 0 saturated carbocycles. The van der Waals surface area contributed by atoms with Crippen molar-refractivity contribution in [1.82, 2.24) is 4.90 Å². The average molecular weight is 312 g/mol. The maximum Gasteiger partial charge on any atom is 0.0518 e. The zero-order valence-electron chi connectivity index (χ0n) is 11.4. The van der Waals surface area contributed by atoms with Gasteiger partial charge in [0.1, 0.15) is 0 Å². The van der Waals surface area contributed by atoms with Gasteiger partial charge in [0.05, 0.1) is 11.2 Å². The molecule has 0 radical (unpaired) electrons. The summed E-state index contributed by atoms with van der Waals surface area (Å²) in [6, 6.07) is 6.54. The molecule has 1 unspecified atom stereocenters. The maximum atomic E-state index is 5.99. The number of hydrogen-bond acceptors (Lipinski definition) is 3. The Kier molecular flexibility index (Phi) is 3.99. The number of likely N-dealkylation sites (N-methyl/N-ethyl adjacent to an activating group) is 1. The second-order valence-corrected chi connectivity index (χ2v) is 6.30. The minimum absolute atomic E-state index is 0.115. The summed E-state index contributed by atoms with van der Waals surface area (Å²) in [4.78, 5) is 4.70. The molecule has 4 heteroatoms. The van der Waals surface area contributed by atoms with E-state index in [9.17, 15) is 0 Å². The Hall–Kier alpha value is -0.580. The second-order valence-electron chi connectivity index (χ2n) is 5.45. The first-order valence-corrected chi connectivity index (χ1v) is 7.16. The van der Waals surface area contributed by atoms with Crippen molar-refractivity contribution in [1.29, 1.82) is 0 Å². The van der Waals surface area contributed by atoms with Crippen molar-refractivity contribution in [3.63, 3.8) is 0 Å². The molecule has 100 valence electrons. The first-order chi connectivity index (χ1) is 8.48. The number of nitrogens with zero attached hydrogens (tertiary/aromatic N) is 2. The Morgan fingerprint density at radius 3 is 2.67 bits per heavy atom. The SMILES string of the molecule is Cc1ccc(N2CCC(CN)(N(C)C)C2)c(Br)c1. The maximum absolute atomic E-state index is 5.99. The fourth-order valence-electron chi connectivity index (χ4n) is 2.64. The van der Waals surface area contributed by atoms with E-state index < -0.39 is 0 Å². The third kappa shape index (κ3) is 2.42. The van der Waals surface area contributed by atoms with Crippen molar-refractivity contribution < 1.29 is 0 Å². The normalized spacial score (nSPS) is 24.0. The topological polar surface area (TPSA) is 32.5 Å². The largest absolute Gasteiger partial charge is 0.369 e. The van der Waals surface area contributed by atoms with Crippen LogP contribution in [0.3, 0.4) is 0 Å². The van der Waals surface area contributed by atoms with Gasteiger partial charge in [0, 0.05) is 24.1 Å². The van der Waals surface area contributed by atoms with Crippen molar-refractivity contribution in [2.45, 2.75) is 18.9 Å². The zero-order chi connectivity index (χ0) is 13.3. The summed E-state index contributed by atoms with van der Waals surface area (Å²) in [5.74, 6) is 0. The molecule has 1 atom stereocenters. The number of anilines is 1. The fourth-order valence-corrected chi connectivity index (χ4v) is 3.39. The van der Waals surface area contributed by atoms with E-state index in [4.69, 9.17) is 5.73 Å². The molecule has 0 aromatic heterocycles. The van der Waals surface area contributed by atoms with Gasteiger partial charge in [-0.2, -0.15) is 0 Å². The monoisotopic (exact) mass is 311 g/mol. The minimum atomic E-state index is 0.115. The summed E-state index contributed by atoms with van der Waals surface area (Å²) in [7, 11) is 4.25. The van der Waals surface area contributed by atoms with Crippen LogP contribution >= 0.6 is 15.9 Å². The number of aryl methyl sites for hydroxylation is 1. The van der Waals surface area contributed by atoms with E-state index in [1.807, 2.05) is 0 Å². The van der Waals surface area contributed by atoms with Gasteiger partial charge in [0.25, 0.3) is 0 Å². The van der Waals surface area contributed by atoms with Crippen molar-refractivity contribution in [3.8, 4) is 0 Å². The second kappa shape index (κ2) is 5.19. The Morgan fingerprint density at radius 1 is 1.44 bits per heavy atom. The van der Waals surface area contributed by atoms with Crippen molar-refractivity contribution >= 4 is 21.6 Å².